The highest BCUT2D eigenvalue weighted by Gasteiger charge is 2.22. The van der Waals surface area contributed by atoms with E-state index in [9.17, 15) is 18.7 Å². The van der Waals surface area contributed by atoms with Gasteiger partial charge in [0, 0.05) is 18.8 Å². The molecule has 1 atom stereocenters. The average molecular weight is 356 g/mol. The molecule has 134 valence electrons. The minimum Gasteiger partial charge on any atom is -0.394 e. The Balaban J connectivity index is 1.92. The molecule has 0 saturated carbocycles. The Morgan fingerprint density at radius 2 is 1.88 bits per heavy atom. The molecule has 3 rings (SSSR count). The Kier molecular flexibility index (Phi) is 5.14. The summed E-state index contributed by atoms with van der Waals surface area (Å²) in [6.45, 7) is -0.556. The number of aromatic nitrogens is 1. The van der Waals surface area contributed by atoms with Crippen molar-refractivity contribution in [2.24, 2.45) is 7.05 Å². The van der Waals surface area contributed by atoms with Gasteiger partial charge in [0.1, 0.15) is 11.6 Å². The summed E-state index contributed by atoms with van der Waals surface area (Å²) in [5.41, 5.74) is 1.83. The molecule has 1 unspecified atom stereocenters. The molecule has 26 heavy (non-hydrogen) atoms. The smallest absolute Gasteiger partial charge is 0.254 e. The van der Waals surface area contributed by atoms with Crippen LogP contribution in [-0.2, 0) is 7.05 Å². The monoisotopic (exact) mass is 356 g/mol. The van der Waals surface area contributed by atoms with Gasteiger partial charge in [0.15, 0.2) is 0 Å². The van der Waals surface area contributed by atoms with E-state index in [4.69, 9.17) is 0 Å². The molecule has 3 aromatic rings. The highest BCUT2D eigenvalue weighted by Crippen LogP contribution is 2.25. The van der Waals surface area contributed by atoms with E-state index >= 15 is 0 Å². The van der Waals surface area contributed by atoms with E-state index in [-0.39, 0.29) is 5.56 Å². The fourth-order valence-electron chi connectivity index (χ4n) is 2.91. The number of hydrogen-bond donors (Lipinski definition) is 2. The molecule has 0 saturated heterocycles. The number of nitrogens with one attached hydrogen (secondary N) is 1. The number of amides is 1. The van der Waals surface area contributed by atoms with Crippen molar-refractivity contribution in [3.63, 3.8) is 0 Å². The molecule has 1 amide bonds. The molecular formula is C20H18F2N2O2. The van der Waals surface area contributed by atoms with Crippen molar-refractivity contribution >= 4 is 5.91 Å². The van der Waals surface area contributed by atoms with Crippen molar-refractivity contribution in [1.29, 1.82) is 0 Å². The maximum Gasteiger partial charge on any atom is 0.254 e. The molecule has 4 nitrogen and oxygen atoms in total. The number of halogens is 2. The topological polar surface area (TPSA) is 54.3 Å². The van der Waals surface area contributed by atoms with Crippen LogP contribution >= 0.6 is 0 Å². The lowest BCUT2D eigenvalue weighted by molar-refractivity contribution is 0.0915. The van der Waals surface area contributed by atoms with Crippen molar-refractivity contribution in [2.75, 3.05) is 6.61 Å². The van der Waals surface area contributed by atoms with Crippen LogP contribution in [0.1, 0.15) is 22.0 Å². The molecule has 0 aliphatic rings. The van der Waals surface area contributed by atoms with Crippen molar-refractivity contribution in [3.8, 4) is 11.3 Å². The van der Waals surface area contributed by atoms with Crippen LogP contribution in [0, 0.1) is 11.6 Å². The molecule has 2 N–H and O–H groups in total. The zero-order valence-electron chi connectivity index (χ0n) is 14.1. The van der Waals surface area contributed by atoms with Gasteiger partial charge < -0.3 is 15.0 Å². The maximum atomic E-state index is 14.0. The number of carbonyl (C=O) groups excluding carboxylic acids is 1. The Morgan fingerprint density at radius 3 is 2.58 bits per heavy atom. The second-order valence-corrected chi connectivity index (χ2v) is 5.93. The first-order chi connectivity index (χ1) is 12.5. The van der Waals surface area contributed by atoms with Crippen LogP contribution in [0.5, 0.6) is 0 Å². The second-order valence-electron chi connectivity index (χ2n) is 5.93. The number of nitrogens with zero attached hydrogens (tertiary/aromatic N) is 1. The first-order valence-electron chi connectivity index (χ1n) is 8.08. The number of aliphatic hydroxyl groups excluding tert-OH is 1. The third-order valence-electron chi connectivity index (χ3n) is 4.19. The molecule has 0 spiro atoms. The summed E-state index contributed by atoms with van der Waals surface area (Å²) in [7, 11) is 1.81. The minimum absolute atomic E-state index is 0.0990. The van der Waals surface area contributed by atoms with E-state index < -0.39 is 30.2 Å². The van der Waals surface area contributed by atoms with Crippen molar-refractivity contribution in [1.82, 2.24) is 9.88 Å². The fraction of sp³-hybridized carbons (Fsp3) is 0.150. The van der Waals surface area contributed by atoms with Gasteiger partial charge in [-0.05, 0) is 29.8 Å². The predicted octanol–water partition coefficient (Wildman–Crippen LogP) is 3.43. The van der Waals surface area contributed by atoms with E-state index in [2.05, 4.69) is 5.32 Å². The Hall–Kier alpha value is -2.99. The van der Waals surface area contributed by atoms with Gasteiger partial charge in [0.2, 0.25) is 0 Å². The number of aryl methyl sites for hydroxylation is 1. The van der Waals surface area contributed by atoms with E-state index in [1.165, 1.54) is 0 Å². The fourth-order valence-corrected chi connectivity index (χ4v) is 2.91. The molecule has 0 radical (unpaired) electrons. The Bertz CT molecular complexity index is 923. The van der Waals surface area contributed by atoms with Gasteiger partial charge in [0.05, 0.1) is 23.9 Å². The molecule has 6 heteroatoms. The van der Waals surface area contributed by atoms with E-state index in [1.807, 2.05) is 37.4 Å². The normalized spacial score (nSPS) is 12.0. The standard InChI is InChI=1S/C20H18F2N2O2/c1-24-10-9-15(19(24)13-5-3-2-4-6-13)20(26)23-18(12-25)16-11-14(21)7-8-17(16)22/h2-11,18,25H,12H2,1H3,(H,23,26). The third-order valence-corrected chi connectivity index (χ3v) is 4.19. The van der Waals surface area contributed by atoms with Crippen LogP contribution in [0.3, 0.4) is 0 Å². The molecule has 1 aromatic heterocycles. The van der Waals surface area contributed by atoms with Crippen molar-refractivity contribution in [2.45, 2.75) is 6.04 Å². The Morgan fingerprint density at radius 1 is 1.15 bits per heavy atom. The summed E-state index contributed by atoms with van der Waals surface area (Å²) in [5, 5.41) is 12.2. The summed E-state index contributed by atoms with van der Waals surface area (Å²) >= 11 is 0. The summed E-state index contributed by atoms with van der Waals surface area (Å²) in [5.74, 6) is -1.81. The van der Waals surface area contributed by atoms with E-state index in [0.29, 0.717) is 11.3 Å². The van der Waals surface area contributed by atoms with E-state index in [1.54, 1.807) is 16.8 Å². The zero-order valence-corrected chi connectivity index (χ0v) is 14.1. The van der Waals surface area contributed by atoms with Gasteiger partial charge in [-0.2, -0.15) is 0 Å². The van der Waals surface area contributed by atoms with Gasteiger partial charge in [0.25, 0.3) is 5.91 Å². The molecule has 1 heterocycles. The minimum atomic E-state index is -1.05. The highest BCUT2D eigenvalue weighted by atomic mass is 19.1. The lowest BCUT2D eigenvalue weighted by atomic mass is 10.0. The zero-order chi connectivity index (χ0) is 18.7. The van der Waals surface area contributed by atoms with Gasteiger partial charge in [-0.3, -0.25) is 4.79 Å². The van der Waals surface area contributed by atoms with Gasteiger partial charge >= 0.3 is 0 Å². The molecule has 0 aliphatic heterocycles. The molecular weight excluding hydrogens is 338 g/mol. The lowest BCUT2D eigenvalue weighted by Crippen LogP contribution is -2.31. The maximum absolute atomic E-state index is 14.0. The molecule has 2 aromatic carbocycles. The summed E-state index contributed by atoms with van der Waals surface area (Å²) < 4.78 is 29.2. The quantitative estimate of drug-likeness (QED) is 0.736. The van der Waals surface area contributed by atoms with Crippen LogP contribution in [0.2, 0.25) is 0 Å². The first-order valence-corrected chi connectivity index (χ1v) is 8.08. The summed E-state index contributed by atoms with van der Waals surface area (Å²) in [4.78, 5) is 12.7. The number of hydrogen-bond acceptors (Lipinski definition) is 2. The van der Waals surface area contributed by atoms with E-state index in [0.717, 1.165) is 23.8 Å². The predicted molar refractivity (Wildman–Crippen MR) is 94.5 cm³/mol. The number of aliphatic hydroxyl groups is 1. The van der Waals surface area contributed by atoms with Crippen LogP contribution < -0.4 is 5.32 Å². The summed E-state index contributed by atoms with van der Waals surface area (Å²) in [6.07, 6.45) is 1.74. The molecule has 0 aliphatic carbocycles. The van der Waals surface area contributed by atoms with Crippen molar-refractivity contribution in [3.05, 3.63) is 83.6 Å². The Labute approximate surface area is 149 Å². The summed E-state index contributed by atoms with van der Waals surface area (Å²) in [6, 6.07) is 12.9. The highest BCUT2D eigenvalue weighted by molar-refractivity contribution is 6.00. The molecule has 0 bridgehead atoms. The van der Waals surface area contributed by atoms with Gasteiger partial charge in [-0.25, -0.2) is 8.78 Å². The SMILES string of the molecule is Cn1ccc(C(=O)NC(CO)c2cc(F)ccc2F)c1-c1ccccc1. The van der Waals surface area contributed by atoms with Crippen LogP contribution in [0.4, 0.5) is 8.78 Å². The largest absolute Gasteiger partial charge is 0.394 e. The second kappa shape index (κ2) is 7.49. The number of carbonyl (C=O) groups is 1. The molecule has 0 fully saturated rings. The third kappa shape index (κ3) is 3.50. The first kappa shape index (κ1) is 17.8. The van der Waals surface area contributed by atoms with Crippen molar-refractivity contribution < 1.29 is 18.7 Å². The lowest BCUT2D eigenvalue weighted by Gasteiger charge is -2.18. The van der Waals surface area contributed by atoms with Gasteiger partial charge in [-0.1, -0.05) is 30.3 Å². The average Bonchev–Trinajstić information content (AvgIpc) is 3.04. The number of benzene rings is 2. The van der Waals surface area contributed by atoms with Crippen LogP contribution in [-0.4, -0.2) is 22.2 Å². The van der Waals surface area contributed by atoms with Gasteiger partial charge in [-0.15, -0.1) is 0 Å². The van der Waals surface area contributed by atoms with Crippen LogP contribution in [0.15, 0.2) is 60.8 Å². The van der Waals surface area contributed by atoms with Crippen LogP contribution in [0.25, 0.3) is 11.3 Å². The number of rotatable bonds is 5.